The third kappa shape index (κ3) is 4.38. The predicted octanol–water partition coefficient (Wildman–Crippen LogP) is 3.87. The fourth-order valence-electron chi connectivity index (χ4n) is 3.26. The van der Waals surface area contributed by atoms with E-state index in [0.717, 1.165) is 24.3 Å². The maximum absolute atomic E-state index is 12.5. The van der Waals surface area contributed by atoms with Crippen LogP contribution in [-0.4, -0.2) is 47.0 Å². The Morgan fingerprint density at radius 1 is 1.27 bits per heavy atom. The van der Waals surface area contributed by atoms with Crippen molar-refractivity contribution < 1.29 is 13.9 Å². The first-order chi connectivity index (χ1) is 12.6. The highest BCUT2D eigenvalue weighted by molar-refractivity contribution is 7.99. The lowest BCUT2D eigenvalue weighted by Gasteiger charge is -2.33. The first kappa shape index (κ1) is 18.8. The zero-order chi connectivity index (χ0) is 18.5. The minimum atomic E-state index is 0.103. The van der Waals surface area contributed by atoms with Gasteiger partial charge in [0.2, 0.25) is 5.91 Å². The summed E-state index contributed by atoms with van der Waals surface area (Å²) in [5.74, 6) is 2.25. The van der Waals surface area contributed by atoms with Gasteiger partial charge in [0.1, 0.15) is 5.75 Å². The fraction of sp³-hybridized carbons (Fsp3) is 0.526. The molecule has 26 heavy (non-hydrogen) atoms. The summed E-state index contributed by atoms with van der Waals surface area (Å²) >= 11 is 1.28. The predicted molar refractivity (Wildman–Crippen MR) is 101 cm³/mol. The molecule has 1 aliphatic carbocycles. The quantitative estimate of drug-likeness (QED) is 0.714. The first-order valence-electron chi connectivity index (χ1n) is 8.94. The topological polar surface area (TPSA) is 68.5 Å². The number of aromatic nitrogens is 2. The largest absolute Gasteiger partial charge is 0.496 e. The molecule has 2 aromatic rings. The average molecular weight is 375 g/mol. The van der Waals surface area contributed by atoms with Crippen LogP contribution in [0.5, 0.6) is 5.75 Å². The van der Waals surface area contributed by atoms with Crippen molar-refractivity contribution in [3.05, 3.63) is 24.3 Å². The molecule has 1 aromatic carbocycles. The van der Waals surface area contributed by atoms with E-state index in [4.69, 9.17) is 9.15 Å². The molecule has 0 spiro atoms. The van der Waals surface area contributed by atoms with Gasteiger partial charge in [-0.3, -0.25) is 4.79 Å². The molecular formula is C19H25N3O3S. The van der Waals surface area contributed by atoms with Crippen molar-refractivity contribution in [1.29, 1.82) is 0 Å². The van der Waals surface area contributed by atoms with E-state index in [1.165, 1.54) is 24.6 Å². The number of thioether (sulfide) groups is 1. The first-order valence-corrected chi connectivity index (χ1v) is 9.92. The van der Waals surface area contributed by atoms with Crippen LogP contribution in [0.1, 0.15) is 32.6 Å². The van der Waals surface area contributed by atoms with Gasteiger partial charge in [-0.2, -0.15) is 0 Å². The summed E-state index contributed by atoms with van der Waals surface area (Å²) in [5.41, 5.74) is 0.745. The van der Waals surface area contributed by atoms with E-state index < -0.39 is 0 Å². The molecule has 3 rings (SSSR count). The lowest BCUT2D eigenvalue weighted by atomic mass is 9.87. The van der Waals surface area contributed by atoms with Crippen LogP contribution in [-0.2, 0) is 4.79 Å². The second kappa shape index (κ2) is 8.58. The molecule has 1 amide bonds. The van der Waals surface area contributed by atoms with E-state index in [2.05, 4.69) is 17.1 Å². The molecular weight excluding hydrogens is 350 g/mol. The zero-order valence-electron chi connectivity index (χ0n) is 15.5. The zero-order valence-corrected chi connectivity index (χ0v) is 16.3. The van der Waals surface area contributed by atoms with Gasteiger partial charge in [0.05, 0.1) is 18.4 Å². The molecule has 1 fully saturated rings. The van der Waals surface area contributed by atoms with Crippen LogP contribution in [0.15, 0.2) is 33.9 Å². The Kier molecular flexibility index (Phi) is 6.19. The number of benzene rings is 1. The van der Waals surface area contributed by atoms with E-state index >= 15 is 0 Å². The Morgan fingerprint density at radius 2 is 2.00 bits per heavy atom. The molecule has 0 aliphatic heterocycles. The second-order valence-electron chi connectivity index (χ2n) is 6.78. The molecule has 6 nitrogen and oxygen atoms in total. The molecule has 140 valence electrons. The summed E-state index contributed by atoms with van der Waals surface area (Å²) in [6.07, 6.45) is 4.57. The summed E-state index contributed by atoms with van der Waals surface area (Å²) < 4.78 is 11.0. The van der Waals surface area contributed by atoms with Gasteiger partial charge in [-0.15, -0.1) is 10.2 Å². The molecule has 7 heteroatoms. The van der Waals surface area contributed by atoms with E-state index in [1.54, 1.807) is 7.11 Å². The maximum Gasteiger partial charge on any atom is 0.277 e. The molecule has 1 saturated carbocycles. The Balaban J connectivity index is 1.57. The van der Waals surface area contributed by atoms with Gasteiger partial charge in [0, 0.05) is 13.1 Å². The standard InChI is InChI=1S/C19H25N3O3S/c1-13-8-10-14(11-9-13)22(2)17(23)12-26-19-21-20-18(25-19)15-6-4-5-7-16(15)24-3/h4-7,13-14H,8-12H2,1-3H3. The normalized spacial score (nSPS) is 20.0. The van der Waals surface area contributed by atoms with Gasteiger partial charge in [0.15, 0.2) is 0 Å². The fourth-order valence-corrected chi connectivity index (χ4v) is 3.94. The number of methoxy groups -OCH3 is 1. The molecule has 1 aliphatic rings. The number of para-hydroxylation sites is 1. The van der Waals surface area contributed by atoms with Crippen molar-refractivity contribution in [1.82, 2.24) is 15.1 Å². The van der Waals surface area contributed by atoms with Crippen LogP contribution < -0.4 is 4.74 Å². The van der Waals surface area contributed by atoms with Gasteiger partial charge >= 0.3 is 0 Å². The number of carbonyl (C=O) groups excluding carboxylic acids is 1. The number of amides is 1. The number of ether oxygens (including phenoxy) is 1. The summed E-state index contributed by atoms with van der Waals surface area (Å²) in [6, 6.07) is 7.83. The van der Waals surface area contributed by atoms with Crippen molar-refractivity contribution in [2.75, 3.05) is 19.9 Å². The van der Waals surface area contributed by atoms with Crippen molar-refractivity contribution in [2.24, 2.45) is 5.92 Å². The molecule has 0 N–H and O–H groups in total. The van der Waals surface area contributed by atoms with E-state index in [9.17, 15) is 4.79 Å². The summed E-state index contributed by atoms with van der Waals surface area (Å²) in [7, 11) is 3.50. The summed E-state index contributed by atoms with van der Waals surface area (Å²) in [4.78, 5) is 14.4. The minimum absolute atomic E-state index is 0.103. The maximum atomic E-state index is 12.5. The third-order valence-corrected chi connectivity index (χ3v) is 5.79. The summed E-state index contributed by atoms with van der Waals surface area (Å²) in [5, 5.41) is 8.51. The number of nitrogens with zero attached hydrogens (tertiary/aromatic N) is 3. The molecule has 1 heterocycles. The number of hydrogen-bond donors (Lipinski definition) is 0. The molecule has 0 saturated heterocycles. The van der Waals surface area contributed by atoms with Gasteiger partial charge in [-0.1, -0.05) is 30.8 Å². The number of carbonyl (C=O) groups is 1. The van der Waals surface area contributed by atoms with E-state index in [1.807, 2.05) is 36.2 Å². The Labute approximate surface area is 158 Å². The highest BCUT2D eigenvalue weighted by atomic mass is 32.2. The van der Waals surface area contributed by atoms with Gasteiger partial charge in [-0.25, -0.2) is 0 Å². The lowest BCUT2D eigenvalue weighted by molar-refractivity contribution is -0.129. The molecule has 1 aromatic heterocycles. The van der Waals surface area contributed by atoms with Crippen LogP contribution >= 0.6 is 11.8 Å². The van der Waals surface area contributed by atoms with E-state index in [-0.39, 0.29) is 5.91 Å². The van der Waals surface area contributed by atoms with Gasteiger partial charge in [-0.05, 0) is 43.7 Å². The highest BCUT2D eigenvalue weighted by Gasteiger charge is 2.25. The van der Waals surface area contributed by atoms with Crippen molar-refractivity contribution in [2.45, 2.75) is 43.9 Å². The van der Waals surface area contributed by atoms with Crippen LogP contribution in [0.4, 0.5) is 0 Å². The van der Waals surface area contributed by atoms with Gasteiger partial charge < -0.3 is 14.1 Å². The second-order valence-corrected chi connectivity index (χ2v) is 7.71. The molecule has 0 atom stereocenters. The molecule has 0 radical (unpaired) electrons. The number of hydrogen-bond acceptors (Lipinski definition) is 6. The lowest BCUT2D eigenvalue weighted by Crippen LogP contribution is -2.40. The van der Waals surface area contributed by atoms with Crippen LogP contribution in [0.25, 0.3) is 11.5 Å². The van der Waals surface area contributed by atoms with Crippen molar-refractivity contribution in [3.63, 3.8) is 0 Å². The number of rotatable bonds is 6. The van der Waals surface area contributed by atoms with Crippen molar-refractivity contribution >= 4 is 17.7 Å². The van der Waals surface area contributed by atoms with Crippen LogP contribution in [0.2, 0.25) is 0 Å². The Bertz CT molecular complexity index is 741. The SMILES string of the molecule is COc1ccccc1-c1nnc(SCC(=O)N(C)C2CCC(C)CC2)o1. The Hall–Kier alpha value is -2.02. The molecule has 0 unspecified atom stereocenters. The van der Waals surface area contributed by atoms with Crippen LogP contribution in [0.3, 0.4) is 0 Å². The monoisotopic (exact) mass is 375 g/mol. The minimum Gasteiger partial charge on any atom is -0.496 e. The smallest absolute Gasteiger partial charge is 0.277 e. The third-order valence-electron chi connectivity index (χ3n) is 4.99. The average Bonchev–Trinajstić information content (AvgIpc) is 3.15. The Morgan fingerprint density at radius 3 is 2.73 bits per heavy atom. The van der Waals surface area contributed by atoms with Crippen molar-refractivity contribution in [3.8, 4) is 17.2 Å². The molecule has 0 bridgehead atoms. The highest BCUT2D eigenvalue weighted by Crippen LogP contribution is 2.31. The van der Waals surface area contributed by atoms with Crippen LogP contribution in [0, 0.1) is 5.92 Å². The summed E-state index contributed by atoms with van der Waals surface area (Å²) in [6.45, 7) is 2.28. The van der Waals surface area contributed by atoms with Gasteiger partial charge in [0.25, 0.3) is 11.1 Å². The van der Waals surface area contributed by atoms with E-state index in [0.29, 0.717) is 28.7 Å².